The molecule has 8 nitrogen and oxygen atoms in total. The molecular formula is C13H14N4O4. The van der Waals surface area contributed by atoms with Gasteiger partial charge in [0.25, 0.3) is 5.95 Å². The molecule has 1 aromatic carbocycles. The molecule has 0 aliphatic rings. The molecule has 8 heteroatoms. The van der Waals surface area contributed by atoms with Gasteiger partial charge in [-0.1, -0.05) is 30.3 Å². The Hall–Kier alpha value is -2.90. The lowest BCUT2D eigenvalue weighted by Gasteiger charge is -2.04. The second-order valence-electron chi connectivity index (χ2n) is 4.16. The number of nitrogens with one attached hydrogen (secondary N) is 1. The van der Waals surface area contributed by atoms with Gasteiger partial charge in [0.2, 0.25) is 0 Å². The molecule has 2 N–H and O–H groups in total. The highest BCUT2D eigenvalue weighted by Gasteiger charge is 2.08. The largest absolute Gasteiger partial charge is 0.481 e. The van der Waals surface area contributed by atoms with Crippen LogP contribution in [0.15, 0.2) is 36.7 Å². The van der Waals surface area contributed by atoms with E-state index in [0.29, 0.717) is 0 Å². The van der Waals surface area contributed by atoms with Gasteiger partial charge in [0.05, 0.1) is 13.0 Å². The predicted molar refractivity (Wildman–Crippen MR) is 72.5 cm³/mol. The third-order valence-corrected chi connectivity index (χ3v) is 2.52. The van der Waals surface area contributed by atoms with Crippen molar-refractivity contribution in [2.45, 2.75) is 19.6 Å². The fraction of sp³-hybridized carbons (Fsp3) is 0.231. The van der Waals surface area contributed by atoms with E-state index < -0.39 is 12.1 Å². The van der Waals surface area contributed by atoms with E-state index in [9.17, 15) is 9.59 Å². The van der Waals surface area contributed by atoms with Crippen LogP contribution in [-0.2, 0) is 22.7 Å². The van der Waals surface area contributed by atoms with Gasteiger partial charge >= 0.3 is 12.1 Å². The highest BCUT2D eigenvalue weighted by Crippen LogP contribution is 2.03. The molecule has 0 fully saturated rings. The van der Waals surface area contributed by atoms with Crippen molar-refractivity contribution in [1.82, 2.24) is 14.8 Å². The van der Waals surface area contributed by atoms with E-state index in [0.717, 1.165) is 5.56 Å². The number of aliphatic carboxylic acids is 1. The Morgan fingerprint density at radius 1 is 1.29 bits per heavy atom. The minimum atomic E-state index is -0.928. The lowest BCUT2D eigenvalue weighted by molar-refractivity contribution is -0.137. The van der Waals surface area contributed by atoms with Crippen LogP contribution in [0.25, 0.3) is 0 Å². The van der Waals surface area contributed by atoms with E-state index in [-0.39, 0.29) is 25.5 Å². The summed E-state index contributed by atoms with van der Waals surface area (Å²) in [5.74, 6) is -0.860. The number of rotatable bonds is 6. The number of carboxylic acid groups (broad SMARTS) is 1. The molecule has 1 heterocycles. The van der Waals surface area contributed by atoms with Gasteiger partial charge in [-0.2, -0.15) is 0 Å². The first kappa shape index (κ1) is 14.5. The van der Waals surface area contributed by atoms with Crippen molar-refractivity contribution in [3.8, 4) is 0 Å². The molecule has 1 aromatic heterocycles. The molecular weight excluding hydrogens is 276 g/mol. The number of carbonyl (C=O) groups excluding carboxylic acids is 1. The molecule has 0 aliphatic heterocycles. The molecule has 0 atom stereocenters. The van der Waals surface area contributed by atoms with Gasteiger partial charge in [0.15, 0.2) is 0 Å². The van der Waals surface area contributed by atoms with Crippen LogP contribution in [-0.4, -0.2) is 31.9 Å². The maximum atomic E-state index is 11.5. The van der Waals surface area contributed by atoms with Crippen LogP contribution in [0.2, 0.25) is 0 Å². The molecule has 1 amide bonds. The molecule has 2 aromatic rings. The van der Waals surface area contributed by atoms with Gasteiger partial charge in [0, 0.05) is 0 Å². The van der Waals surface area contributed by atoms with Crippen molar-refractivity contribution < 1.29 is 19.4 Å². The molecule has 0 saturated heterocycles. The average Bonchev–Trinajstić information content (AvgIpc) is 2.91. The summed E-state index contributed by atoms with van der Waals surface area (Å²) in [5.41, 5.74) is 0.868. The Bertz CT molecular complexity index is 612. The third kappa shape index (κ3) is 4.94. The lowest BCUT2D eigenvalue weighted by Crippen LogP contribution is -2.15. The molecule has 0 unspecified atom stereocenters. The molecule has 0 aliphatic carbocycles. The zero-order valence-corrected chi connectivity index (χ0v) is 11.1. The van der Waals surface area contributed by atoms with E-state index in [1.807, 2.05) is 30.3 Å². The summed E-state index contributed by atoms with van der Waals surface area (Å²) < 4.78 is 6.34. The highest BCUT2D eigenvalue weighted by molar-refractivity contribution is 5.82. The van der Waals surface area contributed by atoms with E-state index in [4.69, 9.17) is 9.84 Å². The first-order chi connectivity index (χ1) is 10.1. The summed E-state index contributed by atoms with van der Waals surface area (Å²) in [6.45, 7) is 0.329. The normalized spacial score (nSPS) is 10.1. The quantitative estimate of drug-likeness (QED) is 0.835. The smallest absolute Gasteiger partial charge is 0.414 e. The van der Waals surface area contributed by atoms with Gasteiger partial charge in [-0.15, -0.1) is 5.10 Å². The van der Waals surface area contributed by atoms with Crippen LogP contribution < -0.4 is 5.32 Å². The summed E-state index contributed by atoms with van der Waals surface area (Å²) in [6, 6.07) is 9.25. The Morgan fingerprint density at radius 3 is 2.76 bits per heavy atom. The first-order valence-corrected chi connectivity index (χ1v) is 6.22. The number of carboxylic acids is 1. The fourth-order valence-corrected chi connectivity index (χ4v) is 1.52. The first-order valence-electron chi connectivity index (χ1n) is 6.22. The zero-order valence-electron chi connectivity index (χ0n) is 11.1. The second-order valence-corrected chi connectivity index (χ2v) is 4.16. The van der Waals surface area contributed by atoms with E-state index in [1.165, 1.54) is 11.0 Å². The number of amides is 1. The van der Waals surface area contributed by atoms with E-state index >= 15 is 0 Å². The van der Waals surface area contributed by atoms with Crippen LogP contribution in [0.4, 0.5) is 10.7 Å². The Balaban J connectivity index is 1.78. The van der Waals surface area contributed by atoms with Crippen LogP contribution in [0.3, 0.4) is 0 Å². The standard InChI is InChI=1S/C13H14N4O4/c18-11(19)6-7-17-9-14-12(16-17)15-13(20)21-8-10-4-2-1-3-5-10/h1-5,9H,6-8H2,(H,18,19)(H,15,16,20). The van der Waals surface area contributed by atoms with Crippen molar-refractivity contribution in [1.29, 1.82) is 0 Å². The summed E-state index contributed by atoms with van der Waals surface area (Å²) in [5, 5.41) is 14.8. The summed E-state index contributed by atoms with van der Waals surface area (Å²) in [7, 11) is 0. The van der Waals surface area contributed by atoms with E-state index in [2.05, 4.69) is 15.4 Å². The molecule has 0 spiro atoms. The van der Waals surface area contributed by atoms with Crippen LogP contribution >= 0.6 is 0 Å². The Labute approximate surface area is 120 Å². The minimum Gasteiger partial charge on any atom is -0.481 e. The molecule has 0 saturated carbocycles. The van der Waals surface area contributed by atoms with Gasteiger partial charge in [-0.3, -0.25) is 14.8 Å². The van der Waals surface area contributed by atoms with Crippen molar-refractivity contribution in [3.63, 3.8) is 0 Å². The lowest BCUT2D eigenvalue weighted by atomic mass is 10.2. The van der Waals surface area contributed by atoms with Crippen molar-refractivity contribution in [2.24, 2.45) is 0 Å². The number of nitrogens with zero attached hydrogens (tertiary/aromatic N) is 3. The maximum absolute atomic E-state index is 11.5. The van der Waals surface area contributed by atoms with E-state index in [1.54, 1.807) is 0 Å². The van der Waals surface area contributed by atoms with Gasteiger partial charge < -0.3 is 9.84 Å². The fourth-order valence-electron chi connectivity index (χ4n) is 1.52. The molecule has 2 rings (SSSR count). The topological polar surface area (TPSA) is 106 Å². The second kappa shape index (κ2) is 7.04. The van der Waals surface area contributed by atoms with Crippen molar-refractivity contribution in [3.05, 3.63) is 42.2 Å². The summed E-state index contributed by atoms with van der Waals surface area (Å²) in [6.07, 6.45) is 0.603. The van der Waals surface area contributed by atoms with Crippen molar-refractivity contribution in [2.75, 3.05) is 5.32 Å². The number of hydrogen-bond donors (Lipinski definition) is 2. The summed E-state index contributed by atoms with van der Waals surface area (Å²) >= 11 is 0. The number of anilines is 1. The number of ether oxygens (including phenoxy) is 1. The highest BCUT2D eigenvalue weighted by atomic mass is 16.5. The Morgan fingerprint density at radius 2 is 2.05 bits per heavy atom. The number of benzene rings is 1. The van der Waals surface area contributed by atoms with Crippen molar-refractivity contribution >= 4 is 18.0 Å². The Kier molecular flexibility index (Phi) is 4.86. The maximum Gasteiger partial charge on any atom is 0.414 e. The third-order valence-electron chi connectivity index (χ3n) is 2.52. The van der Waals surface area contributed by atoms with Gasteiger partial charge in [-0.05, 0) is 5.56 Å². The molecule has 21 heavy (non-hydrogen) atoms. The van der Waals surface area contributed by atoms with Crippen LogP contribution in [0.5, 0.6) is 0 Å². The zero-order chi connectivity index (χ0) is 15.1. The number of hydrogen-bond acceptors (Lipinski definition) is 5. The molecule has 110 valence electrons. The monoisotopic (exact) mass is 290 g/mol. The average molecular weight is 290 g/mol. The van der Waals surface area contributed by atoms with Crippen LogP contribution in [0, 0.1) is 0 Å². The SMILES string of the molecule is O=C(O)CCn1cnc(NC(=O)OCc2ccccc2)n1. The molecule has 0 radical (unpaired) electrons. The van der Waals surface area contributed by atoms with Crippen LogP contribution in [0.1, 0.15) is 12.0 Å². The number of aryl methyl sites for hydroxylation is 1. The minimum absolute atomic E-state index is 0.0680. The number of aromatic nitrogens is 3. The summed E-state index contributed by atoms with van der Waals surface area (Å²) in [4.78, 5) is 25.8. The predicted octanol–water partition coefficient (Wildman–Crippen LogP) is 1.50. The van der Waals surface area contributed by atoms with Gasteiger partial charge in [-0.25, -0.2) is 9.78 Å². The van der Waals surface area contributed by atoms with Gasteiger partial charge in [0.1, 0.15) is 12.9 Å². The molecule has 0 bridgehead atoms. The number of carbonyl (C=O) groups is 2.